The number of aliphatic hydroxyl groups excluding tert-OH is 1. The zero-order valence-corrected chi connectivity index (χ0v) is 16.7. The quantitative estimate of drug-likeness (QED) is 0.304. The van der Waals surface area contributed by atoms with Crippen LogP contribution < -0.4 is 11.2 Å². The predicted octanol–water partition coefficient (Wildman–Crippen LogP) is 4.28. The number of carbonyl (C=O) groups excluding carboxylic acids is 1. The van der Waals surface area contributed by atoms with E-state index in [9.17, 15) is 4.79 Å². The first kappa shape index (κ1) is 23.1. The van der Waals surface area contributed by atoms with Crippen molar-refractivity contribution in [2.24, 2.45) is 0 Å². The molecule has 0 bridgehead atoms. The van der Waals surface area contributed by atoms with Crippen molar-refractivity contribution < 1.29 is 15.1 Å². The van der Waals surface area contributed by atoms with Gasteiger partial charge in [0.2, 0.25) is 0 Å². The lowest BCUT2D eigenvalue weighted by atomic mass is 9.93. The molecular weight excluding hydrogens is 356 g/mol. The van der Waals surface area contributed by atoms with Gasteiger partial charge in [0.15, 0.2) is 0 Å². The highest BCUT2D eigenvalue weighted by atomic mass is 16.5. The maximum absolute atomic E-state index is 10.1. The molecule has 1 aliphatic carbocycles. The highest BCUT2D eigenvalue weighted by Crippen LogP contribution is 2.33. The summed E-state index contributed by atoms with van der Waals surface area (Å²) in [6.07, 6.45) is 6.51. The molecule has 0 saturated heterocycles. The third-order valence-corrected chi connectivity index (χ3v) is 4.22. The smallest absolute Gasteiger partial charge is 0.150 e. The number of hydrogen-bond acceptors (Lipinski definition) is 6. The third kappa shape index (κ3) is 6.07. The van der Waals surface area contributed by atoms with Gasteiger partial charge in [0.05, 0.1) is 23.4 Å². The molecule has 0 radical (unpaired) electrons. The molecule has 0 atom stereocenters. The molecule has 5 N–H and O–H groups in total. The highest BCUT2D eigenvalue weighted by Gasteiger charge is 2.21. The van der Waals surface area contributed by atoms with Gasteiger partial charge in [-0.25, -0.2) is 0 Å². The van der Waals surface area contributed by atoms with Crippen LogP contribution >= 0.6 is 0 Å². The van der Waals surface area contributed by atoms with Gasteiger partial charge in [0.1, 0.15) is 6.29 Å². The zero-order chi connectivity index (χ0) is 20.9. The predicted molar refractivity (Wildman–Crippen MR) is 114 cm³/mol. The van der Waals surface area contributed by atoms with Crippen LogP contribution in [0.1, 0.15) is 49.5 Å². The number of nitrogens with two attached hydrogens (primary N) is 1. The van der Waals surface area contributed by atoms with Gasteiger partial charge in [-0.2, -0.15) is 5.10 Å². The fraction of sp³-hybridized carbons (Fsp3) is 0.333. The molecule has 7 heteroatoms. The molecule has 1 aliphatic rings. The zero-order valence-electron chi connectivity index (χ0n) is 16.7. The molecule has 1 aromatic heterocycles. The van der Waals surface area contributed by atoms with E-state index in [4.69, 9.17) is 16.0 Å². The number of hydrogen-bond donors (Lipinski definition) is 4. The van der Waals surface area contributed by atoms with Crippen LogP contribution in [0, 0.1) is 0 Å². The molecule has 2 aromatic carbocycles. The van der Waals surface area contributed by atoms with Crippen LogP contribution in [0.15, 0.2) is 48.7 Å². The van der Waals surface area contributed by atoms with E-state index in [0.29, 0.717) is 17.3 Å². The number of fused-ring (bicyclic) bond motifs is 1. The lowest BCUT2D eigenvalue weighted by Crippen LogP contribution is -2.17. The molecule has 7 nitrogen and oxygen atoms in total. The Morgan fingerprint density at radius 3 is 2.29 bits per heavy atom. The first-order valence-corrected chi connectivity index (χ1v) is 9.34. The first-order chi connectivity index (χ1) is 13.7. The Balaban J connectivity index is 0.000000249. The van der Waals surface area contributed by atoms with Crippen molar-refractivity contribution in [3.8, 4) is 0 Å². The van der Waals surface area contributed by atoms with E-state index < -0.39 is 0 Å². The van der Waals surface area contributed by atoms with E-state index in [1.54, 1.807) is 24.3 Å². The van der Waals surface area contributed by atoms with Crippen LogP contribution in [0.2, 0.25) is 0 Å². The van der Waals surface area contributed by atoms with Crippen molar-refractivity contribution in [2.75, 3.05) is 18.3 Å². The summed E-state index contributed by atoms with van der Waals surface area (Å²) in [6, 6.07) is 13.0. The molecule has 1 saturated carbocycles. The van der Waals surface area contributed by atoms with Crippen molar-refractivity contribution in [3.05, 3.63) is 54.2 Å². The van der Waals surface area contributed by atoms with Crippen LogP contribution in [0.3, 0.4) is 0 Å². The summed E-state index contributed by atoms with van der Waals surface area (Å²) >= 11 is 0. The van der Waals surface area contributed by atoms with Crippen molar-refractivity contribution in [2.45, 2.75) is 39.2 Å². The molecule has 0 spiro atoms. The fourth-order valence-corrected chi connectivity index (χ4v) is 2.61. The monoisotopic (exact) mass is 386 g/mol. The van der Waals surface area contributed by atoms with Gasteiger partial charge in [0, 0.05) is 23.7 Å². The molecule has 0 amide bonds. The van der Waals surface area contributed by atoms with Gasteiger partial charge in [-0.15, -0.1) is 0 Å². The van der Waals surface area contributed by atoms with Crippen LogP contribution in [-0.4, -0.2) is 33.5 Å². The number of aliphatic hydroxyl groups is 1. The average molecular weight is 386 g/mol. The topological polar surface area (TPSA) is 113 Å². The van der Waals surface area contributed by atoms with Gasteiger partial charge in [-0.05, 0) is 61.7 Å². The summed E-state index contributed by atoms with van der Waals surface area (Å²) in [5.41, 5.74) is 10.9. The SMILES string of the molecule is CC.CO.Nc1ccc2cnn(C3CCC3)c2c1.O=Cc1ccc(NO)cc1. The van der Waals surface area contributed by atoms with Gasteiger partial charge < -0.3 is 10.8 Å². The Hall–Kier alpha value is -2.90. The third-order valence-electron chi connectivity index (χ3n) is 4.22. The number of nitrogens with one attached hydrogen (secondary N) is 1. The van der Waals surface area contributed by atoms with E-state index in [1.807, 2.05) is 43.7 Å². The van der Waals surface area contributed by atoms with Crippen molar-refractivity contribution >= 4 is 28.6 Å². The van der Waals surface area contributed by atoms with Crippen molar-refractivity contribution in [3.63, 3.8) is 0 Å². The Morgan fingerprint density at radius 2 is 1.79 bits per heavy atom. The Kier molecular flexibility index (Phi) is 10.3. The number of carbonyl (C=O) groups is 1. The number of anilines is 2. The minimum atomic E-state index is 0.575. The van der Waals surface area contributed by atoms with Crippen molar-refractivity contribution in [1.29, 1.82) is 0 Å². The van der Waals surface area contributed by atoms with E-state index in [-0.39, 0.29) is 0 Å². The molecule has 0 aliphatic heterocycles. The van der Waals surface area contributed by atoms with Gasteiger partial charge in [-0.1, -0.05) is 13.8 Å². The second kappa shape index (κ2) is 12.5. The summed E-state index contributed by atoms with van der Waals surface area (Å²) in [7, 11) is 1.00. The Bertz CT molecular complexity index is 827. The van der Waals surface area contributed by atoms with Crippen LogP contribution in [0.5, 0.6) is 0 Å². The summed E-state index contributed by atoms with van der Waals surface area (Å²) in [5, 5.41) is 21.0. The second-order valence-electron chi connectivity index (χ2n) is 5.84. The fourth-order valence-electron chi connectivity index (χ4n) is 2.61. The molecule has 28 heavy (non-hydrogen) atoms. The minimum Gasteiger partial charge on any atom is -0.400 e. The number of aldehydes is 1. The molecule has 4 rings (SSSR count). The molecule has 152 valence electrons. The average Bonchev–Trinajstić information content (AvgIpc) is 3.13. The molecule has 1 heterocycles. The normalized spacial score (nSPS) is 12.2. The number of nitrogens with zero attached hydrogens (tertiary/aromatic N) is 2. The van der Waals surface area contributed by atoms with Crippen LogP contribution in [0.4, 0.5) is 11.4 Å². The van der Waals surface area contributed by atoms with Crippen LogP contribution in [0.25, 0.3) is 10.9 Å². The van der Waals surface area contributed by atoms with E-state index in [1.165, 1.54) is 30.2 Å². The van der Waals surface area contributed by atoms with Gasteiger partial charge in [-0.3, -0.25) is 20.2 Å². The minimum absolute atomic E-state index is 0.575. The van der Waals surface area contributed by atoms with Crippen LogP contribution in [-0.2, 0) is 0 Å². The number of nitrogen functional groups attached to an aromatic ring is 1. The molecular formula is C21H30N4O3. The first-order valence-electron chi connectivity index (χ1n) is 9.34. The summed E-state index contributed by atoms with van der Waals surface area (Å²) in [6.45, 7) is 4.00. The molecule has 0 unspecified atom stereocenters. The lowest BCUT2D eigenvalue weighted by molar-refractivity contribution is 0.112. The highest BCUT2D eigenvalue weighted by molar-refractivity contribution is 5.82. The van der Waals surface area contributed by atoms with E-state index in [0.717, 1.165) is 19.1 Å². The lowest BCUT2D eigenvalue weighted by Gasteiger charge is -2.26. The summed E-state index contributed by atoms with van der Waals surface area (Å²) < 4.78 is 2.12. The molecule has 1 fully saturated rings. The largest absolute Gasteiger partial charge is 0.400 e. The standard InChI is InChI=1S/C11H13N3.C7H7NO2.C2H6.CH4O/c12-9-5-4-8-7-13-14(11(8)6-9)10-2-1-3-10;9-5-6-1-3-7(8-10)4-2-6;2*1-2/h4-7,10H,1-3,12H2;1-5,8,10H;1-2H3;2H,1H3. The number of benzene rings is 2. The van der Waals surface area contributed by atoms with E-state index in [2.05, 4.69) is 9.78 Å². The summed E-state index contributed by atoms with van der Waals surface area (Å²) in [4.78, 5) is 10.1. The molecule has 3 aromatic rings. The number of rotatable bonds is 3. The number of aromatic nitrogens is 2. The Labute approximate surface area is 165 Å². The van der Waals surface area contributed by atoms with Crippen molar-refractivity contribution in [1.82, 2.24) is 9.78 Å². The van der Waals surface area contributed by atoms with Gasteiger partial charge >= 0.3 is 0 Å². The summed E-state index contributed by atoms with van der Waals surface area (Å²) in [5.74, 6) is 0. The van der Waals surface area contributed by atoms with E-state index >= 15 is 0 Å². The maximum Gasteiger partial charge on any atom is 0.150 e. The second-order valence-corrected chi connectivity index (χ2v) is 5.84. The Morgan fingerprint density at radius 1 is 1.14 bits per heavy atom. The maximum atomic E-state index is 10.1. The van der Waals surface area contributed by atoms with Gasteiger partial charge in [0.25, 0.3) is 0 Å².